The Morgan fingerprint density at radius 1 is 1.37 bits per heavy atom. The van der Waals surface area contributed by atoms with Crippen LogP contribution in [0.4, 0.5) is 5.69 Å². The number of nitrogens with two attached hydrogens (primary N) is 1. The summed E-state index contributed by atoms with van der Waals surface area (Å²) >= 11 is 0. The highest BCUT2D eigenvalue weighted by molar-refractivity contribution is 5.79. The van der Waals surface area contributed by atoms with Gasteiger partial charge in [0, 0.05) is 5.69 Å². The van der Waals surface area contributed by atoms with Crippen molar-refractivity contribution >= 4 is 11.7 Å². The zero-order chi connectivity index (χ0) is 13.6. The molecule has 4 unspecified atom stereocenters. The van der Waals surface area contributed by atoms with E-state index in [1.54, 1.807) is 0 Å². The van der Waals surface area contributed by atoms with Gasteiger partial charge in [-0.05, 0) is 55.1 Å². The van der Waals surface area contributed by atoms with Crippen LogP contribution in [0, 0.1) is 24.7 Å². The molecule has 0 amide bonds. The molecule has 2 saturated carbocycles. The fraction of sp³-hybridized carbons (Fsp3) is 0.562. The van der Waals surface area contributed by atoms with Gasteiger partial charge in [-0.3, -0.25) is 4.79 Å². The number of carboxylic acid groups (broad SMARTS) is 1. The summed E-state index contributed by atoms with van der Waals surface area (Å²) < 4.78 is 0. The van der Waals surface area contributed by atoms with Crippen LogP contribution in [0.2, 0.25) is 0 Å². The van der Waals surface area contributed by atoms with Gasteiger partial charge in [-0.1, -0.05) is 24.6 Å². The van der Waals surface area contributed by atoms with Gasteiger partial charge in [0.1, 0.15) is 0 Å². The number of rotatable bonds is 3. The lowest BCUT2D eigenvalue weighted by atomic mass is 9.75. The number of anilines is 1. The Bertz CT molecular complexity index is 511. The molecule has 3 heteroatoms. The predicted molar refractivity (Wildman–Crippen MR) is 74.9 cm³/mol. The number of benzene rings is 1. The Morgan fingerprint density at radius 2 is 2.16 bits per heavy atom. The first-order chi connectivity index (χ1) is 9.08. The lowest BCUT2D eigenvalue weighted by Gasteiger charge is -2.29. The maximum Gasteiger partial charge on any atom is 0.311 e. The van der Waals surface area contributed by atoms with Crippen LogP contribution >= 0.6 is 0 Å². The first-order valence-electron chi connectivity index (χ1n) is 7.15. The van der Waals surface area contributed by atoms with Crippen molar-refractivity contribution in [2.75, 3.05) is 5.73 Å². The highest BCUT2D eigenvalue weighted by Gasteiger charge is 2.46. The summed E-state index contributed by atoms with van der Waals surface area (Å²) in [5.41, 5.74) is 8.59. The van der Waals surface area contributed by atoms with Crippen molar-refractivity contribution in [3.8, 4) is 0 Å². The molecular weight excluding hydrogens is 238 g/mol. The molecule has 2 bridgehead atoms. The SMILES string of the molecule is Cc1cccc(C(C(=O)O)C2CC3CCC2C3)c1N. The van der Waals surface area contributed by atoms with Crippen LogP contribution in [0.15, 0.2) is 18.2 Å². The highest BCUT2D eigenvalue weighted by atomic mass is 16.4. The quantitative estimate of drug-likeness (QED) is 0.819. The molecule has 0 radical (unpaired) electrons. The number of carbonyl (C=O) groups is 1. The standard InChI is InChI=1S/C16H21NO2/c1-9-3-2-4-12(15(9)17)14(16(18)19)13-8-10-5-6-11(13)7-10/h2-4,10-11,13-14H,5-8,17H2,1H3,(H,18,19). The van der Waals surface area contributed by atoms with E-state index in [9.17, 15) is 9.90 Å². The Morgan fingerprint density at radius 3 is 2.74 bits per heavy atom. The van der Waals surface area contributed by atoms with E-state index in [1.165, 1.54) is 19.3 Å². The van der Waals surface area contributed by atoms with Crippen LogP contribution in [0.1, 0.15) is 42.7 Å². The molecule has 0 saturated heterocycles. The second-order valence-corrected chi connectivity index (χ2v) is 6.23. The summed E-state index contributed by atoms with van der Waals surface area (Å²) in [5.74, 6) is 0.485. The van der Waals surface area contributed by atoms with Gasteiger partial charge in [-0.15, -0.1) is 0 Å². The molecule has 4 atom stereocenters. The number of hydrogen-bond acceptors (Lipinski definition) is 2. The van der Waals surface area contributed by atoms with Crippen molar-refractivity contribution < 1.29 is 9.90 Å². The van der Waals surface area contributed by atoms with Crippen molar-refractivity contribution in [2.24, 2.45) is 17.8 Å². The van der Waals surface area contributed by atoms with Gasteiger partial charge < -0.3 is 10.8 Å². The Kier molecular flexibility index (Phi) is 3.00. The van der Waals surface area contributed by atoms with Crippen molar-refractivity contribution in [1.82, 2.24) is 0 Å². The summed E-state index contributed by atoms with van der Waals surface area (Å²) in [6.07, 6.45) is 4.77. The van der Waals surface area contributed by atoms with E-state index >= 15 is 0 Å². The van der Waals surface area contributed by atoms with Gasteiger partial charge in [0.05, 0.1) is 5.92 Å². The molecule has 1 aromatic carbocycles. The first kappa shape index (κ1) is 12.5. The third kappa shape index (κ3) is 2.01. The molecule has 3 N–H and O–H groups in total. The van der Waals surface area contributed by atoms with E-state index in [4.69, 9.17) is 5.73 Å². The molecule has 102 valence electrons. The number of fused-ring (bicyclic) bond motifs is 2. The Hall–Kier alpha value is -1.51. The number of aryl methyl sites for hydroxylation is 1. The van der Waals surface area contributed by atoms with E-state index in [1.807, 2.05) is 25.1 Å². The zero-order valence-electron chi connectivity index (χ0n) is 11.3. The fourth-order valence-electron chi connectivity index (χ4n) is 4.22. The van der Waals surface area contributed by atoms with Crippen LogP contribution < -0.4 is 5.73 Å². The number of hydrogen-bond donors (Lipinski definition) is 2. The van der Waals surface area contributed by atoms with Crippen molar-refractivity contribution in [2.45, 2.75) is 38.5 Å². The average Bonchev–Trinajstić information content (AvgIpc) is 2.97. The van der Waals surface area contributed by atoms with Crippen LogP contribution in [-0.4, -0.2) is 11.1 Å². The van der Waals surface area contributed by atoms with Gasteiger partial charge in [-0.25, -0.2) is 0 Å². The van der Waals surface area contributed by atoms with Crippen LogP contribution in [0.3, 0.4) is 0 Å². The molecule has 1 aromatic rings. The molecule has 0 aliphatic heterocycles. The zero-order valence-corrected chi connectivity index (χ0v) is 11.3. The number of aliphatic carboxylic acids is 1. The predicted octanol–water partition coefficient (Wildman–Crippen LogP) is 3.18. The maximum atomic E-state index is 11.8. The van der Waals surface area contributed by atoms with E-state index < -0.39 is 11.9 Å². The minimum Gasteiger partial charge on any atom is -0.481 e. The van der Waals surface area contributed by atoms with Crippen molar-refractivity contribution in [1.29, 1.82) is 0 Å². The fourth-order valence-corrected chi connectivity index (χ4v) is 4.22. The second-order valence-electron chi connectivity index (χ2n) is 6.23. The molecule has 2 fully saturated rings. The summed E-state index contributed by atoms with van der Waals surface area (Å²) in [5, 5.41) is 9.68. The summed E-state index contributed by atoms with van der Waals surface area (Å²) in [6.45, 7) is 1.94. The third-order valence-electron chi connectivity index (χ3n) is 5.18. The number of nitrogen functional groups attached to an aromatic ring is 1. The molecule has 0 aromatic heterocycles. The van der Waals surface area contributed by atoms with Gasteiger partial charge >= 0.3 is 5.97 Å². The topological polar surface area (TPSA) is 63.3 Å². The van der Waals surface area contributed by atoms with Gasteiger partial charge in [0.15, 0.2) is 0 Å². The monoisotopic (exact) mass is 259 g/mol. The lowest BCUT2D eigenvalue weighted by molar-refractivity contribution is -0.140. The van der Waals surface area contributed by atoms with Crippen LogP contribution in [-0.2, 0) is 4.79 Å². The minimum atomic E-state index is -0.713. The maximum absolute atomic E-state index is 11.8. The molecule has 2 aliphatic rings. The molecule has 3 rings (SSSR count). The summed E-state index contributed by atoms with van der Waals surface area (Å²) in [6, 6.07) is 5.76. The van der Waals surface area contributed by atoms with Crippen LogP contribution in [0.5, 0.6) is 0 Å². The molecule has 2 aliphatic carbocycles. The third-order valence-corrected chi connectivity index (χ3v) is 5.18. The second kappa shape index (κ2) is 4.55. The summed E-state index contributed by atoms with van der Waals surface area (Å²) in [4.78, 5) is 11.8. The van der Waals surface area contributed by atoms with E-state index in [0.29, 0.717) is 11.6 Å². The number of para-hydroxylation sites is 1. The van der Waals surface area contributed by atoms with Gasteiger partial charge in [0.25, 0.3) is 0 Å². The van der Waals surface area contributed by atoms with Crippen molar-refractivity contribution in [3.63, 3.8) is 0 Å². The van der Waals surface area contributed by atoms with E-state index in [2.05, 4.69) is 0 Å². The molecule has 0 heterocycles. The van der Waals surface area contributed by atoms with E-state index in [0.717, 1.165) is 23.5 Å². The highest BCUT2D eigenvalue weighted by Crippen LogP contribution is 2.53. The molecule has 3 nitrogen and oxygen atoms in total. The van der Waals surface area contributed by atoms with E-state index in [-0.39, 0.29) is 5.92 Å². The van der Waals surface area contributed by atoms with Gasteiger partial charge in [0.2, 0.25) is 0 Å². The first-order valence-corrected chi connectivity index (χ1v) is 7.15. The van der Waals surface area contributed by atoms with Crippen LogP contribution in [0.25, 0.3) is 0 Å². The minimum absolute atomic E-state index is 0.278. The number of carboxylic acids is 1. The van der Waals surface area contributed by atoms with Crippen molar-refractivity contribution in [3.05, 3.63) is 29.3 Å². The smallest absolute Gasteiger partial charge is 0.311 e. The largest absolute Gasteiger partial charge is 0.481 e. The van der Waals surface area contributed by atoms with Gasteiger partial charge in [-0.2, -0.15) is 0 Å². The average molecular weight is 259 g/mol. The molecule has 0 spiro atoms. The normalized spacial score (nSPS) is 30.5. The summed E-state index contributed by atoms with van der Waals surface area (Å²) in [7, 11) is 0. The Balaban J connectivity index is 1.97. The lowest BCUT2D eigenvalue weighted by Crippen LogP contribution is -2.26. The molecular formula is C16H21NO2. The Labute approximate surface area is 113 Å². The molecule has 19 heavy (non-hydrogen) atoms.